The summed E-state index contributed by atoms with van der Waals surface area (Å²) >= 11 is 0. The molecule has 2 nitrogen and oxygen atoms in total. The van der Waals surface area contributed by atoms with E-state index >= 15 is 0 Å². The van der Waals surface area contributed by atoms with Gasteiger partial charge in [-0.15, -0.1) is 24.8 Å². The highest BCUT2D eigenvalue weighted by atomic mass is 35.5. The molecule has 0 amide bonds. The van der Waals surface area contributed by atoms with Gasteiger partial charge < -0.3 is 10.2 Å². The highest BCUT2D eigenvalue weighted by Crippen LogP contribution is 2.07. The lowest BCUT2D eigenvalue weighted by Crippen LogP contribution is -2.43. The smallest absolute Gasteiger partial charge is 0.0107 e. The van der Waals surface area contributed by atoms with E-state index in [4.69, 9.17) is 0 Å². The molecule has 1 saturated heterocycles. The molecule has 1 aliphatic rings. The number of nitrogens with one attached hydrogen (secondary N) is 1. The molecule has 0 aromatic heterocycles. The van der Waals surface area contributed by atoms with Crippen molar-refractivity contribution in [3.8, 4) is 0 Å². The summed E-state index contributed by atoms with van der Waals surface area (Å²) in [6, 6.07) is 0. The van der Waals surface area contributed by atoms with E-state index in [2.05, 4.69) is 17.1 Å². The van der Waals surface area contributed by atoms with Crippen molar-refractivity contribution < 1.29 is 0 Å². The first kappa shape index (κ1) is 19.8. The summed E-state index contributed by atoms with van der Waals surface area (Å²) < 4.78 is 0. The van der Waals surface area contributed by atoms with Gasteiger partial charge in [0.25, 0.3) is 0 Å². The summed E-state index contributed by atoms with van der Waals surface area (Å²) in [6.07, 6.45) is 9.99. The molecule has 4 heteroatoms. The maximum absolute atomic E-state index is 3.40. The SMILES string of the molecule is CCCCCCCCCN1CCNCC1.Cl.Cl. The second-order valence-corrected chi connectivity index (χ2v) is 4.71. The Balaban J connectivity index is 0. The van der Waals surface area contributed by atoms with Gasteiger partial charge in [-0.25, -0.2) is 0 Å². The topological polar surface area (TPSA) is 15.3 Å². The summed E-state index contributed by atoms with van der Waals surface area (Å²) in [6.45, 7) is 8.51. The predicted molar refractivity (Wildman–Crippen MR) is 81.8 cm³/mol. The Bertz CT molecular complexity index is 139. The summed E-state index contributed by atoms with van der Waals surface area (Å²) in [7, 11) is 0. The number of hydrogen-bond donors (Lipinski definition) is 1. The molecule has 0 bridgehead atoms. The average Bonchev–Trinajstić information content (AvgIpc) is 2.29. The Morgan fingerprint density at radius 3 is 1.94 bits per heavy atom. The summed E-state index contributed by atoms with van der Waals surface area (Å²) in [5.74, 6) is 0. The molecule has 1 heterocycles. The van der Waals surface area contributed by atoms with E-state index in [-0.39, 0.29) is 24.8 Å². The Morgan fingerprint density at radius 2 is 1.35 bits per heavy atom. The fourth-order valence-corrected chi connectivity index (χ4v) is 2.23. The third-order valence-electron chi connectivity index (χ3n) is 3.29. The van der Waals surface area contributed by atoms with Crippen LogP contribution in [0.2, 0.25) is 0 Å². The van der Waals surface area contributed by atoms with E-state index in [1.54, 1.807) is 0 Å². The number of unbranched alkanes of at least 4 members (excludes halogenated alkanes) is 6. The van der Waals surface area contributed by atoms with Gasteiger partial charge in [0, 0.05) is 26.2 Å². The molecule has 1 fully saturated rings. The maximum Gasteiger partial charge on any atom is 0.0107 e. The van der Waals surface area contributed by atoms with Gasteiger partial charge in [-0.1, -0.05) is 45.4 Å². The zero-order chi connectivity index (χ0) is 10.8. The number of piperazine rings is 1. The molecule has 0 aromatic carbocycles. The van der Waals surface area contributed by atoms with Crippen molar-refractivity contribution in [2.75, 3.05) is 32.7 Å². The van der Waals surface area contributed by atoms with Gasteiger partial charge >= 0.3 is 0 Å². The fourth-order valence-electron chi connectivity index (χ4n) is 2.23. The first-order valence-corrected chi connectivity index (χ1v) is 6.86. The van der Waals surface area contributed by atoms with Crippen LogP contribution in [0.4, 0.5) is 0 Å². The van der Waals surface area contributed by atoms with Crippen LogP contribution in [0.3, 0.4) is 0 Å². The van der Waals surface area contributed by atoms with E-state index in [9.17, 15) is 0 Å². The number of nitrogens with zero attached hydrogens (tertiary/aromatic N) is 1. The van der Waals surface area contributed by atoms with Crippen LogP contribution in [0.1, 0.15) is 51.9 Å². The van der Waals surface area contributed by atoms with E-state index < -0.39 is 0 Å². The van der Waals surface area contributed by atoms with Gasteiger partial charge in [0.05, 0.1) is 0 Å². The van der Waals surface area contributed by atoms with Crippen molar-refractivity contribution in [2.24, 2.45) is 0 Å². The van der Waals surface area contributed by atoms with Gasteiger partial charge in [0.15, 0.2) is 0 Å². The largest absolute Gasteiger partial charge is 0.314 e. The first-order valence-electron chi connectivity index (χ1n) is 6.86. The Labute approximate surface area is 120 Å². The molecule has 0 aliphatic carbocycles. The Morgan fingerprint density at radius 1 is 0.824 bits per heavy atom. The van der Waals surface area contributed by atoms with Crippen molar-refractivity contribution in [1.82, 2.24) is 10.2 Å². The molecule has 1 rings (SSSR count). The van der Waals surface area contributed by atoms with Crippen molar-refractivity contribution in [2.45, 2.75) is 51.9 Å². The Hall–Kier alpha value is 0.500. The van der Waals surface area contributed by atoms with Gasteiger partial charge in [0.2, 0.25) is 0 Å². The normalized spacial score (nSPS) is 16.1. The van der Waals surface area contributed by atoms with E-state index in [1.807, 2.05) is 0 Å². The standard InChI is InChI=1S/C13H28N2.2ClH/c1-2-3-4-5-6-7-8-11-15-12-9-14-10-13-15;;/h14H,2-13H2,1H3;2*1H. The molecule has 0 unspecified atom stereocenters. The minimum absolute atomic E-state index is 0. The first-order chi connectivity index (χ1) is 7.43. The molecule has 0 spiro atoms. The van der Waals surface area contributed by atoms with Gasteiger partial charge in [-0.2, -0.15) is 0 Å². The van der Waals surface area contributed by atoms with Crippen LogP contribution in [0.25, 0.3) is 0 Å². The fraction of sp³-hybridized carbons (Fsp3) is 1.00. The molecule has 1 N–H and O–H groups in total. The van der Waals surface area contributed by atoms with Crippen molar-refractivity contribution in [1.29, 1.82) is 0 Å². The highest BCUT2D eigenvalue weighted by molar-refractivity contribution is 5.85. The van der Waals surface area contributed by atoms with Crippen LogP contribution in [0, 0.1) is 0 Å². The molecular weight excluding hydrogens is 255 g/mol. The van der Waals surface area contributed by atoms with Crippen LogP contribution >= 0.6 is 24.8 Å². The molecule has 0 aromatic rings. The third-order valence-corrected chi connectivity index (χ3v) is 3.29. The summed E-state index contributed by atoms with van der Waals surface area (Å²) in [5.41, 5.74) is 0. The van der Waals surface area contributed by atoms with Gasteiger partial charge in [-0.05, 0) is 13.0 Å². The van der Waals surface area contributed by atoms with Crippen LogP contribution in [-0.4, -0.2) is 37.6 Å². The average molecular weight is 285 g/mol. The predicted octanol–water partition coefficient (Wildman–Crippen LogP) is 3.49. The lowest BCUT2D eigenvalue weighted by Gasteiger charge is -2.26. The van der Waals surface area contributed by atoms with Crippen LogP contribution in [-0.2, 0) is 0 Å². The molecule has 1 aliphatic heterocycles. The summed E-state index contributed by atoms with van der Waals surface area (Å²) in [4.78, 5) is 2.60. The van der Waals surface area contributed by atoms with Crippen LogP contribution in [0.5, 0.6) is 0 Å². The van der Waals surface area contributed by atoms with E-state index in [0.717, 1.165) is 0 Å². The maximum atomic E-state index is 3.40. The zero-order valence-electron chi connectivity index (χ0n) is 11.2. The summed E-state index contributed by atoms with van der Waals surface area (Å²) in [5, 5.41) is 3.40. The molecule has 0 atom stereocenters. The third kappa shape index (κ3) is 11.3. The monoisotopic (exact) mass is 284 g/mol. The van der Waals surface area contributed by atoms with Gasteiger partial charge in [0.1, 0.15) is 0 Å². The van der Waals surface area contributed by atoms with E-state index in [1.165, 1.54) is 77.7 Å². The number of hydrogen-bond acceptors (Lipinski definition) is 2. The lowest BCUT2D eigenvalue weighted by atomic mass is 10.1. The van der Waals surface area contributed by atoms with Crippen molar-refractivity contribution in [3.63, 3.8) is 0 Å². The second-order valence-electron chi connectivity index (χ2n) is 4.71. The highest BCUT2D eigenvalue weighted by Gasteiger charge is 2.07. The van der Waals surface area contributed by atoms with Crippen LogP contribution < -0.4 is 5.32 Å². The molecule has 0 saturated carbocycles. The van der Waals surface area contributed by atoms with Crippen molar-refractivity contribution in [3.05, 3.63) is 0 Å². The van der Waals surface area contributed by atoms with Crippen LogP contribution in [0.15, 0.2) is 0 Å². The van der Waals surface area contributed by atoms with E-state index in [0.29, 0.717) is 0 Å². The molecular formula is C13H30Cl2N2. The second kappa shape index (κ2) is 14.6. The lowest BCUT2D eigenvalue weighted by molar-refractivity contribution is 0.236. The van der Waals surface area contributed by atoms with Crippen molar-refractivity contribution >= 4 is 24.8 Å². The number of halogens is 2. The molecule has 0 radical (unpaired) electrons. The minimum Gasteiger partial charge on any atom is -0.314 e. The molecule has 106 valence electrons. The quantitative estimate of drug-likeness (QED) is 0.687. The molecule has 17 heavy (non-hydrogen) atoms. The zero-order valence-corrected chi connectivity index (χ0v) is 12.9. The Kier molecular flexibility index (Phi) is 17.0. The minimum atomic E-state index is 0. The number of rotatable bonds is 8. The van der Waals surface area contributed by atoms with Gasteiger partial charge in [-0.3, -0.25) is 0 Å².